The third kappa shape index (κ3) is 7.40. The highest BCUT2D eigenvalue weighted by Gasteiger charge is 2.23. The normalized spacial score (nSPS) is 17.3. The average molecular weight is 674 g/mol. The standard InChI is InChI=1S/C35H37ClFN7O4/c1-47-34-20(15-38-16-21-10-13-30(45)41-21)9-12-27(43-34)26-8-4-6-24(33(26)37)23-5-3-7-25(32(23)36)28-19-40-29(35(44-28)48-2)18-39-17-22-11-14-31(46)42-22/h3-9,12,19,21-22,38-39H,10-11,13-18H2,1-2H3,(H,41,45)(H,42,46)/t21-,22-/m0/s1. The molecule has 13 heteroatoms. The Bertz CT molecular complexity index is 1690. The van der Waals surface area contributed by atoms with E-state index in [4.69, 9.17) is 21.1 Å². The Balaban J connectivity index is 1.20. The summed E-state index contributed by atoms with van der Waals surface area (Å²) in [7, 11) is 3.06. The van der Waals surface area contributed by atoms with E-state index in [1.54, 1.807) is 48.7 Å². The molecule has 2 aliphatic rings. The topological polar surface area (TPSA) is 139 Å². The minimum Gasteiger partial charge on any atom is -0.481 e. The molecule has 2 saturated heterocycles. The molecule has 0 saturated carbocycles. The van der Waals surface area contributed by atoms with Crippen molar-refractivity contribution in [3.8, 4) is 45.4 Å². The van der Waals surface area contributed by atoms with Crippen molar-refractivity contribution in [2.45, 2.75) is 50.9 Å². The monoisotopic (exact) mass is 673 g/mol. The minimum atomic E-state index is -0.475. The van der Waals surface area contributed by atoms with Crippen molar-refractivity contribution in [3.63, 3.8) is 0 Å². The highest BCUT2D eigenvalue weighted by Crippen LogP contribution is 2.39. The molecule has 0 radical (unpaired) electrons. The van der Waals surface area contributed by atoms with Crippen molar-refractivity contribution in [1.82, 2.24) is 36.2 Å². The van der Waals surface area contributed by atoms with Gasteiger partial charge in [0.05, 0.1) is 36.8 Å². The average Bonchev–Trinajstić information content (AvgIpc) is 3.72. The summed E-state index contributed by atoms with van der Waals surface area (Å²) in [4.78, 5) is 36.8. The molecule has 0 spiro atoms. The maximum atomic E-state index is 16.3. The fourth-order valence-corrected chi connectivity index (χ4v) is 6.35. The van der Waals surface area contributed by atoms with Crippen LogP contribution in [0.5, 0.6) is 11.8 Å². The molecule has 48 heavy (non-hydrogen) atoms. The zero-order chi connectivity index (χ0) is 33.6. The lowest BCUT2D eigenvalue weighted by Gasteiger charge is -2.15. The molecule has 6 rings (SSSR count). The van der Waals surface area contributed by atoms with Crippen molar-refractivity contribution in [3.05, 3.63) is 76.8 Å². The number of amides is 2. The number of carbonyl (C=O) groups excluding carboxylic acids is 2. The van der Waals surface area contributed by atoms with Crippen molar-refractivity contribution in [2.24, 2.45) is 0 Å². The molecular formula is C35H37ClFN7O4. The molecule has 2 aliphatic heterocycles. The first-order chi connectivity index (χ1) is 23.3. The van der Waals surface area contributed by atoms with Crippen LogP contribution in [0.25, 0.3) is 33.6 Å². The summed E-state index contributed by atoms with van der Waals surface area (Å²) in [6.45, 7) is 2.14. The molecule has 0 bridgehead atoms. The fourth-order valence-electron chi connectivity index (χ4n) is 6.02. The summed E-state index contributed by atoms with van der Waals surface area (Å²) in [5.74, 6) is 0.393. The van der Waals surface area contributed by atoms with E-state index < -0.39 is 5.82 Å². The van der Waals surface area contributed by atoms with Crippen LogP contribution in [-0.4, -0.2) is 66.2 Å². The van der Waals surface area contributed by atoms with E-state index >= 15 is 4.39 Å². The Morgan fingerprint density at radius 2 is 1.40 bits per heavy atom. The maximum Gasteiger partial charge on any atom is 0.237 e. The van der Waals surface area contributed by atoms with Gasteiger partial charge in [-0.1, -0.05) is 48.0 Å². The van der Waals surface area contributed by atoms with Gasteiger partial charge in [0, 0.05) is 78.9 Å². The number of benzene rings is 2. The van der Waals surface area contributed by atoms with E-state index in [1.807, 2.05) is 6.07 Å². The first kappa shape index (κ1) is 33.3. The molecule has 11 nitrogen and oxygen atoms in total. The Morgan fingerprint density at radius 3 is 2.04 bits per heavy atom. The highest BCUT2D eigenvalue weighted by molar-refractivity contribution is 6.36. The fraction of sp³-hybridized carbons (Fsp3) is 0.343. The number of halogens is 2. The Morgan fingerprint density at radius 1 is 0.792 bits per heavy atom. The molecule has 2 amide bonds. The number of hydrogen-bond acceptors (Lipinski definition) is 9. The number of pyridine rings is 1. The van der Waals surface area contributed by atoms with Gasteiger partial charge in [0.15, 0.2) is 0 Å². The van der Waals surface area contributed by atoms with Crippen LogP contribution in [-0.2, 0) is 22.7 Å². The third-order valence-corrected chi connectivity index (χ3v) is 8.94. The van der Waals surface area contributed by atoms with Gasteiger partial charge < -0.3 is 30.7 Å². The second-order valence-corrected chi connectivity index (χ2v) is 12.2. The summed E-state index contributed by atoms with van der Waals surface area (Å²) < 4.78 is 27.4. The van der Waals surface area contributed by atoms with E-state index in [9.17, 15) is 9.59 Å². The first-order valence-corrected chi connectivity index (χ1v) is 16.2. The van der Waals surface area contributed by atoms with Gasteiger partial charge in [-0.25, -0.2) is 14.4 Å². The Kier molecular flexibility index (Phi) is 10.4. The molecular weight excluding hydrogens is 637 g/mol. The van der Waals surface area contributed by atoms with Crippen LogP contribution in [0.1, 0.15) is 36.9 Å². The van der Waals surface area contributed by atoms with Gasteiger partial charge in [-0.3, -0.25) is 14.6 Å². The van der Waals surface area contributed by atoms with Crippen molar-refractivity contribution in [1.29, 1.82) is 0 Å². The molecule has 2 fully saturated rings. The number of hydrogen-bond donors (Lipinski definition) is 4. The van der Waals surface area contributed by atoms with Crippen LogP contribution >= 0.6 is 11.6 Å². The third-order valence-electron chi connectivity index (χ3n) is 8.54. The molecule has 2 atom stereocenters. The predicted octanol–water partition coefficient (Wildman–Crippen LogP) is 4.42. The molecule has 4 heterocycles. The highest BCUT2D eigenvalue weighted by atomic mass is 35.5. The van der Waals surface area contributed by atoms with Crippen LogP contribution in [0.15, 0.2) is 54.7 Å². The largest absolute Gasteiger partial charge is 0.481 e. The number of aromatic nitrogens is 3. The molecule has 2 aromatic heterocycles. The summed E-state index contributed by atoms with van der Waals surface area (Å²) in [5.41, 5.74) is 4.01. The van der Waals surface area contributed by atoms with Crippen LogP contribution in [0.3, 0.4) is 0 Å². The summed E-state index contributed by atoms with van der Waals surface area (Å²) in [6, 6.07) is 14.3. The van der Waals surface area contributed by atoms with Gasteiger partial charge in [0.2, 0.25) is 23.6 Å². The number of nitrogens with zero attached hydrogens (tertiary/aromatic N) is 3. The van der Waals surface area contributed by atoms with Crippen molar-refractivity contribution in [2.75, 3.05) is 27.3 Å². The lowest BCUT2D eigenvalue weighted by atomic mass is 9.97. The van der Waals surface area contributed by atoms with E-state index in [1.165, 1.54) is 14.2 Å². The molecule has 2 aromatic carbocycles. The smallest absolute Gasteiger partial charge is 0.237 e. The Hall–Kier alpha value is -4.65. The second-order valence-electron chi connectivity index (χ2n) is 11.8. The van der Waals surface area contributed by atoms with Gasteiger partial charge in [0.1, 0.15) is 11.5 Å². The van der Waals surface area contributed by atoms with Gasteiger partial charge in [0.25, 0.3) is 0 Å². The number of ether oxygens (including phenoxy) is 2. The Labute approximate surface area is 283 Å². The van der Waals surface area contributed by atoms with Crippen molar-refractivity contribution < 1.29 is 23.5 Å². The molecule has 0 unspecified atom stereocenters. The van der Waals surface area contributed by atoms with E-state index in [2.05, 4.69) is 36.2 Å². The summed E-state index contributed by atoms with van der Waals surface area (Å²) in [6.07, 6.45) is 4.30. The summed E-state index contributed by atoms with van der Waals surface area (Å²) in [5, 5.41) is 12.8. The number of carbonyl (C=O) groups is 2. The van der Waals surface area contributed by atoms with Gasteiger partial charge in [-0.15, -0.1) is 0 Å². The minimum absolute atomic E-state index is 0.0674. The molecule has 250 valence electrons. The van der Waals surface area contributed by atoms with Gasteiger partial charge >= 0.3 is 0 Å². The number of methoxy groups -OCH3 is 2. The second kappa shape index (κ2) is 15.1. The maximum absolute atomic E-state index is 16.3. The van der Waals surface area contributed by atoms with Crippen LogP contribution in [0.4, 0.5) is 4.39 Å². The molecule has 4 aromatic rings. The van der Waals surface area contributed by atoms with E-state index in [0.29, 0.717) is 95.1 Å². The zero-order valence-electron chi connectivity index (χ0n) is 26.7. The molecule has 4 N–H and O–H groups in total. The van der Waals surface area contributed by atoms with Gasteiger partial charge in [-0.05, 0) is 25.0 Å². The molecule has 0 aliphatic carbocycles. The van der Waals surface area contributed by atoms with Crippen LogP contribution in [0.2, 0.25) is 5.02 Å². The van der Waals surface area contributed by atoms with Crippen LogP contribution < -0.4 is 30.7 Å². The van der Waals surface area contributed by atoms with E-state index in [-0.39, 0.29) is 23.9 Å². The summed E-state index contributed by atoms with van der Waals surface area (Å²) >= 11 is 6.94. The SMILES string of the molecule is COc1nc(-c2cccc(-c3cccc(-c4cnc(CNC[C@@H]5CCC(=O)N5)c(OC)n4)c3Cl)c2F)ccc1CNC[C@@H]1CCC(=O)N1. The van der Waals surface area contributed by atoms with Crippen molar-refractivity contribution >= 4 is 23.4 Å². The van der Waals surface area contributed by atoms with Crippen LogP contribution in [0, 0.1) is 5.82 Å². The first-order valence-electron chi connectivity index (χ1n) is 15.9. The quantitative estimate of drug-likeness (QED) is 0.162. The lowest BCUT2D eigenvalue weighted by Crippen LogP contribution is -2.35. The van der Waals surface area contributed by atoms with Gasteiger partial charge in [-0.2, -0.15) is 0 Å². The number of nitrogens with one attached hydrogen (secondary N) is 4. The van der Waals surface area contributed by atoms with E-state index in [0.717, 1.165) is 18.4 Å². The predicted molar refractivity (Wildman–Crippen MR) is 180 cm³/mol. The number of rotatable bonds is 13. The lowest BCUT2D eigenvalue weighted by molar-refractivity contribution is -0.120. The zero-order valence-corrected chi connectivity index (χ0v) is 27.5.